The van der Waals surface area contributed by atoms with Crippen LogP contribution < -0.4 is 11.1 Å². The van der Waals surface area contributed by atoms with Gasteiger partial charge in [0.1, 0.15) is 6.04 Å². The first-order valence-electron chi connectivity index (χ1n) is 4.95. The molecule has 1 atom stereocenters. The molecule has 1 unspecified atom stereocenters. The summed E-state index contributed by atoms with van der Waals surface area (Å²) in [5.41, 5.74) is 5.35. The summed E-state index contributed by atoms with van der Waals surface area (Å²) in [6.45, 7) is 1.47. The fourth-order valence-electron chi connectivity index (χ4n) is 1.34. The number of aliphatic carboxylic acids is 1. The van der Waals surface area contributed by atoms with Gasteiger partial charge in [-0.2, -0.15) is 0 Å². The lowest BCUT2D eigenvalue weighted by Gasteiger charge is -2.14. The van der Waals surface area contributed by atoms with Crippen LogP contribution in [0.2, 0.25) is 0 Å². The minimum absolute atomic E-state index is 0.439. The molecule has 0 radical (unpaired) electrons. The highest BCUT2D eigenvalue weighted by Gasteiger charge is 2.11. The van der Waals surface area contributed by atoms with Crippen LogP contribution in [0.15, 0.2) is 4.99 Å². The molecule has 0 aromatic carbocycles. The zero-order valence-electron chi connectivity index (χ0n) is 8.20. The maximum atomic E-state index is 10.4. The van der Waals surface area contributed by atoms with Crippen molar-refractivity contribution in [3.8, 4) is 0 Å². The molecule has 5 nitrogen and oxygen atoms in total. The Morgan fingerprint density at radius 2 is 2.43 bits per heavy atom. The second kappa shape index (κ2) is 5.59. The average Bonchev–Trinajstić information content (AvgIpc) is 2.19. The normalized spacial score (nSPS) is 18.5. The molecule has 14 heavy (non-hydrogen) atoms. The van der Waals surface area contributed by atoms with Gasteiger partial charge in [0.2, 0.25) is 0 Å². The van der Waals surface area contributed by atoms with Crippen LogP contribution in [-0.4, -0.2) is 36.0 Å². The van der Waals surface area contributed by atoms with Gasteiger partial charge in [-0.05, 0) is 19.3 Å². The average molecular weight is 199 g/mol. The number of aliphatic imine (C=N–C) groups is 1. The highest BCUT2D eigenvalue weighted by molar-refractivity contribution is 5.82. The minimum atomic E-state index is -0.947. The lowest BCUT2D eigenvalue weighted by Crippen LogP contribution is -2.35. The Morgan fingerprint density at radius 1 is 1.64 bits per heavy atom. The van der Waals surface area contributed by atoms with Crippen LogP contribution in [0, 0.1) is 0 Å². The van der Waals surface area contributed by atoms with Crippen molar-refractivity contribution < 1.29 is 9.90 Å². The highest BCUT2D eigenvalue weighted by atomic mass is 16.4. The highest BCUT2D eigenvalue weighted by Crippen LogP contribution is 2.03. The smallest absolute Gasteiger partial charge is 0.320 e. The van der Waals surface area contributed by atoms with Gasteiger partial charge < -0.3 is 16.2 Å². The molecule has 0 aromatic rings. The zero-order chi connectivity index (χ0) is 10.4. The Balaban J connectivity index is 2.14. The number of carboxylic acid groups (broad SMARTS) is 1. The Bertz CT molecular complexity index is 228. The maximum Gasteiger partial charge on any atom is 0.320 e. The van der Waals surface area contributed by atoms with Crippen molar-refractivity contribution in [2.75, 3.05) is 13.1 Å². The molecule has 4 N–H and O–H groups in total. The van der Waals surface area contributed by atoms with Crippen LogP contribution in [0.1, 0.15) is 25.7 Å². The van der Waals surface area contributed by atoms with Crippen molar-refractivity contribution in [1.29, 1.82) is 0 Å². The van der Waals surface area contributed by atoms with Gasteiger partial charge >= 0.3 is 5.97 Å². The number of nitrogens with one attached hydrogen (secondary N) is 1. The van der Waals surface area contributed by atoms with E-state index in [2.05, 4.69) is 10.3 Å². The summed E-state index contributed by atoms with van der Waals surface area (Å²) >= 11 is 0. The molecule has 1 aliphatic rings. The summed E-state index contributed by atoms with van der Waals surface area (Å²) in [5.74, 6) is 0.0474. The molecule has 5 heteroatoms. The lowest BCUT2D eigenvalue weighted by atomic mass is 10.1. The molecular weight excluding hydrogens is 182 g/mol. The molecule has 0 saturated heterocycles. The van der Waals surface area contributed by atoms with E-state index >= 15 is 0 Å². The van der Waals surface area contributed by atoms with Crippen molar-refractivity contribution in [2.45, 2.75) is 31.7 Å². The molecule has 0 amide bonds. The number of carboxylic acids is 1. The van der Waals surface area contributed by atoms with Gasteiger partial charge in [0.25, 0.3) is 0 Å². The first-order chi connectivity index (χ1) is 6.70. The monoisotopic (exact) mass is 199 g/mol. The van der Waals surface area contributed by atoms with E-state index in [4.69, 9.17) is 10.8 Å². The maximum absolute atomic E-state index is 10.4. The molecule has 1 rings (SSSR count). The quantitative estimate of drug-likeness (QED) is 0.593. The lowest BCUT2D eigenvalue weighted by molar-refractivity contribution is -0.138. The molecule has 0 saturated carbocycles. The van der Waals surface area contributed by atoms with Crippen LogP contribution in [-0.2, 0) is 4.79 Å². The molecule has 0 aromatic heterocycles. The molecule has 80 valence electrons. The Morgan fingerprint density at radius 3 is 3.00 bits per heavy atom. The Hall–Kier alpha value is -1.10. The second-order valence-corrected chi connectivity index (χ2v) is 3.45. The number of carbonyl (C=O) groups is 1. The van der Waals surface area contributed by atoms with Gasteiger partial charge in [-0.25, -0.2) is 0 Å². The molecule has 0 fully saturated rings. The van der Waals surface area contributed by atoms with Crippen LogP contribution in [0.25, 0.3) is 0 Å². The van der Waals surface area contributed by atoms with Crippen LogP contribution in [0.4, 0.5) is 0 Å². The van der Waals surface area contributed by atoms with E-state index in [1.165, 1.54) is 0 Å². The van der Waals surface area contributed by atoms with Gasteiger partial charge in [0.05, 0.1) is 5.84 Å². The van der Waals surface area contributed by atoms with E-state index in [1.807, 2.05) is 0 Å². The SMILES string of the molecule is NC(CCNC1=NCCCC1)C(=O)O. The summed E-state index contributed by atoms with van der Waals surface area (Å²) in [4.78, 5) is 14.7. The van der Waals surface area contributed by atoms with Crippen molar-refractivity contribution in [1.82, 2.24) is 5.32 Å². The van der Waals surface area contributed by atoms with Crippen molar-refractivity contribution in [3.05, 3.63) is 0 Å². The second-order valence-electron chi connectivity index (χ2n) is 3.45. The van der Waals surface area contributed by atoms with Crippen LogP contribution >= 0.6 is 0 Å². The summed E-state index contributed by atoms with van der Waals surface area (Å²) in [7, 11) is 0. The molecule has 0 aliphatic carbocycles. The van der Waals surface area contributed by atoms with E-state index in [0.29, 0.717) is 13.0 Å². The van der Waals surface area contributed by atoms with Gasteiger partial charge in [0, 0.05) is 19.5 Å². The third kappa shape index (κ3) is 3.74. The predicted molar refractivity (Wildman–Crippen MR) is 54.4 cm³/mol. The van der Waals surface area contributed by atoms with Gasteiger partial charge in [-0.3, -0.25) is 9.79 Å². The third-order valence-corrected chi connectivity index (χ3v) is 2.23. The van der Waals surface area contributed by atoms with E-state index in [9.17, 15) is 4.79 Å². The van der Waals surface area contributed by atoms with Crippen LogP contribution in [0.5, 0.6) is 0 Å². The molecule has 0 bridgehead atoms. The van der Waals surface area contributed by atoms with Crippen molar-refractivity contribution >= 4 is 11.8 Å². The number of amidine groups is 1. The predicted octanol–water partition coefficient (Wildman–Crippen LogP) is -0.0396. The number of nitrogens with zero attached hydrogens (tertiary/aromatic N) is 1. The molecule has 0 spiro atoms. The first-order valence-corrected chi connectivity index (χ1v) is 4.95. The first kappa shape index (κ1) is 11.0. The number of nitrogens with two attached hydrogens (primary N) is 1. The molecule has 1 heterocycles. The molecule has 1 aliphatic heterocycles. The Kier molecular flexibility index (Phi) is 4.39. The number of rotatable bonds is 4. The molecular formula is C9H17N3O2. The van der Waals surface area contributed by atoms with Crippen molar-refractivity contribution in [2.24, 2.45) is 10.7 Å². The zero-order valence-corrected chi connectivity index (χ0v) is 8.20. The minimum Gasteiger partial charge on any atom is -0.480 e. The summed E-state index contributed by atoms with van der Waals surface area (Å²) < 4.78 is 0. The van der Waals surface area contributed by atoms with E-state index in [0.717, 1.165) is 31.6 Å². The van der Waals surface area contributed by atoms with Gasteiger partial charge in [0.15, 0.2) is 0 Å². The summed E-state index contributed by atoms with van der Waals surface area (Å²) in [6.07, 6.45) is 3.73. The number of hydrogen-bond donors (Lipinski definition) is 3. The van der Waals surface area contributed by atoms with E-state index in [-0.39, 0.29) is 0 Å². The fraction of sp³-hybridized carbons (Fsp3) is 0.778. The summed E-state index contributed by atoms with van der Waals surface area (Å²) in [5, 5.41) is 11.6. The third-order valence-electron chi connectivity index (χ3n) is 2.23. The standard InChI is InChI=1S/C9H17N3O2/c10-7(9(13)14)4-6-12-8-3-1-2-5-11-8/h7H,1-6,10H2,(H,11,12)(H,13,14). The van der Waals surface area contributed by atoms with E-state index in [1.54, 1.807) is 0 Å². The largest absolute Gasteiger partial charge is 0.480 e. The Labute approximate surface area is 83.4 Å². The van der Waals surface area contributed by atoms with Crippen molar-refractivity contribution in [3.63, 3.8) is 0 Å². The number of hydrogen-bond acceptors (Lipinski definition) is 4. The van der Waals surface area contributed by atoms with Crippen LogP contribution in [0.3, 0.4) is 0 Å². The summed E-state index contributed by atoms with van der Waals surface area (Å²) in [6, 6.07) is -0.772. The fourth-order valence-corrected chi connectivity index (χ4v) is 1.34. The van der Waals surface area contributed by atoms with E-state index < -0.39 is 12.0 Å². The van der Waals surface area contributed by atoms with Gasteiger partial charge in [-0.15, -0.1) is 0 Å². The topological polar surface area (TPSA) is 87.7 Å². The van der Waals surface area contributed by atoms with Gasteiger partial charge in [-0.1, -0.05) is 0 Å².